The van der Waals surface area contributed by atoms with Crippen LogP contribution in [0.15, 0.2) is 47.4 Å². The zero-order chi connectivity index (χ0) is 17.1. The Kier molecular flexibility index (Phi) is 4.61. The number of ketones is 1. The number of carbonyl (C=O) groups excluding carboxylic acids is 2. The second-order valence-electron chi connectivity index (χ2n) is 5.14. The van der Waals surface area contributed by atoms with Crippen LogP contribution in [0.3, 0.4) is 0 Å². The van der Waals surface area contributed by atoms with Crippen molar-refractivity contribution in [2.75, 3.05) is 11.1 Å². The first-order chi connectivity index (χ1) is 11.5. The molecule has 7 heteroatoms. The summed E-state index contributed by atoms with van der Waals surface area (Å²) in [6.45, 7) is 1.38. The first-order valence-electron chi connectivity index (χ1n) is 7.21. The molecule has 3 rings (SSSR count). The van der Waals surface area contributed by atoms with Gasteiger partial charge in [-0.1, -0.05) is 18.2 Å². The van der Waals surface area contributed by atoms with Crippen LogP contribution >= 0.6 is 11.8 Å². The molecule has 0 aliphatic heterocycles. The number of benzene rings is 2. The van der Waals surface area contributed by atoms with Crippen molar-refractivity contribution in [2.24, 2.45) is 0 Å². The molecule has 1 heterocycles. The summed E-state index contributed by atoms with van der Waals surface area (Å²) in [6, 6.07) is 11.7. The molecule has 0 radical (unpaired) electrons. The smallest absolute Gasteiger partial charge is 0.237 e. The van der Waals surface area contributed by atoms with Gasteiger partial charge in [0.1, 0.15) is 5.82 Å². The van der Waals surface area contributed by atoms with Gasteiger partial charge >= 0.3 is 0 Å². The maximum Gasteiger partial charge on any atom is 0.237 e. The van der Waals surface area contributed by atoms with E-state index in [-0.39, 0.29) is 17.4 Å². The SMILES string of the molecule is CC(=O)c1ccc(SCC(=O)Nc2nc3ccccc3[nH]2)c(F)c1. The Morgan fingerprint density at radius 1 is 1.25 bits per heavy atom. The number of Topliss-reactive ketones (excluding diaryl/α,β-unsaturated/α-hetero) is 1. The number of aromatic nitrogens is 2. The highest BCUT2D eigenvalue weighted by atomic mass is 32.2. The lowest BCUT2D eigenvalue weighted by atomic mass is 10.1. The number of anilines is 1. The third kappa shape index (κ3) is 3.62. The first kappa shape index (κ1) is 16.2. The molecule has 0 fully saturated rings. The van der Waals surface area contributed by atoms with Crippen molar-refractivity contribution in [3.63, 3.8) is 0 Å². The predicted octanol–water partition coefficient (Wildman–Crippen LogP) is 3.64. The molecule has 24 heavy (non-hydrogen) atoms. The number of amides is 1. The summed E-state index contributed by atoms with van der Waals surface area (Å²) < 4.78 is 13.9. The number of rotatable bonds is 5. The number of hydrogen-bond acceptors (Lipinski definition) is 4. The van der Waals surface area contributed by atoms with Crippen molar-refractivity contribution in [1.82, 2.24) is 9.97 Å². The molecule has 122 valence electrons. The zero-order valence-electron chi connectivity index (χ0n) is 12.8. The molecule has 2 aromatic carbocycles. The average molecular weight is 343 g/mol. The molecule has 2 N–H and O–H groups in total. The fraction of sp³-hybridized carbons (Fsp3) is 0.118. The molecule has 0 bridgehead atoms. The summed E-state index contributed by atoms with van der Waals surface area (Å²) >= 11 is 1.06. The number of carbonyl (C=O) groups is 2. The van der Waals surface area contributed by atoms with Crippen LogP contribution < -0.4 is 5.32 Å². The van der Waals surface area contributed by atoms with E-state index in [4.69, 9.17) is 0 Å². The summed E-state index contributed by atoms with van der Waals surface area (Å²) in [5.41, 5.74) is 1.89. The van der Waals surface area contributed by atoms with E-state index in [1.807, 2.05) is 24.3 Å². The molecule has 0 aliphatic rings. The van der Waals surface area contributed by atoms with Crippen molar-refractivity contribution < 1.29 is 14.0 Å². The zero-order valence-corrected chi connectivity index (χ0v) is 13.6. The minimum absolute atomic E-state index is 0.0351. The number of halogens is 1. The van der Waals surface area contributed by atoms with Crippen LogP contribution in [0.4, 0.5) is 10.3 Å². The maximum atomic E-state index is 13.9. The molecule has 3 aromatic rings. The number of aromatic amines is 1. The number of thioether (sulfide) groups is 1. The van der Waals surface area contributed by atoms with Crippen LogP contribution in [0.2, 0.25) is 0 Å². The molecule has 0 saturated heterocycles. The van der Waals surface area contributed by atoms with Crippen LogP contribution in [0.1, 0.15) is 17.3 Å². The number of imidazole rings is 1. The lowest BCUT2D eigenvalue weighted by Gasteiger charge is -2.05. The molecule has 0 spiro atoms. The van der Waals surface area contributed by atoms with E-state index in [2.05, 4.69) is 15.3 Å². The van der Waals surface area contributed by atoms with Gasteiger partial charge in [-0.15, -0.1) is 11.8 Å². The third-order valence-electron chi connectivity index (χ3n) is 3.34. The molecule has 0 atom stereocenters. The maximum absolute atomic E-state index is 13.9. The molecule has 0 aliphatic carbocycles. The number of nitrogens with one attached hydrogen (secondary N) is 2. The number of para-hydroxylation sites is 2. The van der Waals surface area contributed by atoms with E-state index < -0.39 is 5.82 Å². The van der Waals surface area contributed by atoms with Gasteiger partial charge in [0.25, 0.3) is 0 Å². The van der Waals surface area contributed by atoms with Crippen molar-refractivity contribution in [3.05, 3.63) is 53.8 Å². The lowest BCUT2D eigenvalue weighted by molar-refractivity contribution is -0.113. The fourth-order valence-electron chi connectivity index (χ4n) is 2.16. The van der Waals surface area contributed by atoms with Gasteiger partial charge in [-0.2, -0.15) is 0 Å². The number of fused-ring (bicyclic) bond motifs is 1. The Balaban J connectivity index is 1.62. The average Bonchev–Trinajstić information content (AvgIpc) is 2.95. The van der Waals surface area contributed by atoms with Gasteiger partial charge in [0.2, 0.25) is 11.9 Å². The summed E-state index contributed by atoms with van der Waals surface area (Å²) in [4.78, 5) is 30.7. The van der Waals surface area contributed by atoms with Gasteiger partial charge in [-0.3, -0.25) is 14.9 Å². The summed E-state index contributed by atoms with van der Waals surface area (Å²) in [7, 11) is 0. The quantitative estimate of drug-likeness (QED) is 0.548. The molecule has 1 aromatic heterocycles. The highest BCUT2D eigenvalue weighted by molar-refractivity contribution is 8.00. The van der Waals surface area contributed by atoms with E-state index in [1.54, 1.807) is 6.07 Å². The highest BCUT2D eigenvalue weighted by Gasteiger charge is 2.11. The van der Waals surface area contributed by atoms with Crippen molar-refractivity contribution >= 4 is 40.4 Å². The fourth-order valence-corrected chi connectivity index (χ4v) is 2.88. The summed E-state index contributed by atoms with van der Waals surface area (Å²) in [5.74, 6) is -0.617. The van der Waals surface area contributed by atoms with E-state index >= 15 is 0 Å². The van der Waals surface area contributed by atoms with E-state index in [1.165, 1.54) is 19.1 Å². The minimum Gasteiger partial charge on any atom is -0.324 e. The van der Waals surface area contributed by atoms with Gasteiger partial charge in [0, 0.05) is 10.5 Å². The molecule has 5 nitrogen and oxygen atoms in total. The molecule has 0 unspecified atom stereocenters. The normalized spacial score (nSPS) is 10.8. The lowest BCUT2D eigenvalue weighted by Crippen LogP contribution is -2.15. The Morgan fingerprint density at radius 2 is 2.04 bits per heavy atom. The Morgan fingerprint density at radius 3 is 2.75 bits per heavy atom. The molecular weight excluding hydrogens is 329 g/mol. The second kappa shape index (κ2) is 6.84. The monoisotopic (exact) mass is 343 g/mol. The second-order valence-corrected chi connectivity index (χ2v) is 6.16. The van der Waals surface area contributed by atoms with Crippen LogP contribution in [0.5, 0.6) is 0 Å². The Labute approximate surface area is 141 Å². The summed E-state index contributed by atoms with van der Waals surface area (Å²) in [5, 5.41) is 2.65. The van der Waals surface area contributed by atoms with Gasteiger partial charge in [0.15, 0.2) is 5.78 Å². The van der Waals surface area contributed by atoms with Crippen molar-refractivity contribution in [1.29, 1.82) is 0 Å². The van der Waals surface area contributed by atoms with Gasteiger partial charge in [-0.05, 0) is 31.2 Å². The number of H-pyrrole nitrogens is 1. The van der Waals surface area contributed by atoms with Crippen LogP contribution in [0, 0.1) is 5.82 Å². The standard InChI is InChI=1S/C17H14FN3O2S/c1-10(22)11-6-7-15(12(18)8-11)24-9-16(23)21-17-19-13-4-2-3-5-14(13)20-17/h2-8H,9H2,1H3,(H2,19,20,21,23). The van der Waals surface area contributed by atoms with Crippen molar-refractivity contribution in [2.45, 2.75) is 11.8 Å². The van der Waals surface area contributed by atoms with Crippen molar-refractivity contribution in [3.8, 4) is 0 Å². The van der Waals surface area contributed by atoms with E-state index in [0.717, 1.165) is 22.8 Å². The van der Waals surface area contributed by atoms with E-state index in [9.17, 15) is 14.0 Å². The first-order valence-corrected chi connectivity index (χ1v) is 8.19. The Hall–Kier alpha value is -2.67. The summed E-state index contributed by atoms with van der Waals surface area (Å²) in [6.07, 6.45) is 0. The Bertz CT molecular complexity index is 890. The number of hydrogen-bond donors (Lipinski definition) is 2. The largest absolute Gasteiger partial charge is 0.324 e. The molecular formula is C17H14FN3O2S. The topological polar surface area (TPSA) is 74.8 Å². The molecule has 1 amide bonds. The van der Waals surface area contributed by atoms with Crippen LogP contribution in [-0.4, -0.2) is 27.4 Å². The third-order valence-corrected chi connectivity index (χ3v) is 4.39. The van der Waals surface area contributed by atoms with Gasteiger partial charge in [-0.25, -0.2) is 9.37 Å². The van der Waals surface area contributed by atoms with Crippen LogP contribution in [0.25, 0.3) is 11.0 Å². The van der Waals surface area contributed by atoms with Gasteiger partial charge < -0.3 is 4.98 Å². The highest BCUT2D eigenvalue weighted by Crippen LogP contribution is 2.23. The van der Waals surface area contributed by atoms with E-state index in [0.29, 0.717) is 16.4 Å². The van der Waals surface area contributed by atoms with Crippen LogP contribution in [-0.2, 0) is 4.79 Å². The minimum atomic E-state index is -0.510. The predicted molar refractivity (Wildman–Crippen MR) is 91.9 cm³/mol. The number of nitrogens with zero attached hydrogens (tertiary/aromatic N) is 1. The molecule has 0 saturated carbocycles. The van der Waals surface area contributed by atoms with Gasteiger partial charge in [0.05, 0.1) is 16.8 Å².